The summed E-state index contributed by atoms with van der Waals surface area (Å²) in [5.74, 6) is 0.667. The molecule has 0 atom stereocenters. The van der Waals surface area contributed by atoms with Gasteiger partial charge in [0.2, 0.25) is 0 Å². The van der Waals surface area contributed by atoms with Gasteiger partial charge in [-0.05, 0) is 53.6 Å². The van der Waals surface area contributed by atoms with Crippen molar-refractivity contribution in [2.45, 2.75) is 19.4 Å². The molecule has 6 nitrogen and oxygen atoms in total. The first-order chi connectivity index (χ1) is 15.7. The van der Waals surface area contributed by atoms with Gasteiger partial charge in [-0.15, -0.1) is 0 Å². The Labute approximate surface area is 185 Å². The first kappa shape index (κ1) is 21.2. The van der Waals surface area contributed by atoms with Crippen LogP contribution in [-0.2, 0) is 16.1 Å². The minimum absolute atomic E-state index is 0.00940. The monoisotopic (exact) mass is 425 g/mol. The summed E-state index contributed by atoms with van der Waals surface area (Å²) in [6.45, 7) is 1.53. The maximum Gasteiger partial charge on any atom is 0.373 e. The van der Waals surface area contributed by atoms with Gasteiger partial charge in [-0.2, -0.15) is 9.59 Å². The molecule has 1 N–H and O–H groups in total. The van der Waals surface area contributed by atoms with Crippen LogP contribution >= 0.6 is 0 Å². The number of amides is 1. The molecule has 32 heavy (non-hydrogen) atoms. The molecule has 0 radical (unpaired) electrons. The zero-order valence-electron chi connectivity index (χ0n) is 17.5. The smallest absolute Gasteiger partial charge is 0.352 e. The molecule has 6 heteroatoms. The lowest BCUT2D eigenvalue weighted by Gasteiger charge is -2.08. The molecule has 4 aromatic rings. The quantitative estimate of drug-likeness (QED) is 0.499. The standard InChI is InChI=1S/C25H23N3O.CO2/c29-25(26-15-18-6-7-18)22-12-13-24-23(14-22)27-17-28(24)16-19-8-10-21(11-9-19)20-4-2-1-3-5-20;2-1-3/h1-5,8-14,17-18H,6-7,15-16H2,(H,26,29);. The summed E-state index contributed by atoms with van der Waals surface area (Å²) in [7, 11) is 0. The van der Waals surface area contributed by atoms with E-state index in [-0.39, 0.29) is 12.1 Å². The molecule has 0 aliphatic heterocycles. The maximum absolute atomic E-state index is 12.3. The highest BCUT2D eigenvalue weighted by atomic mass is 16.2. The van der Waals surface area contributed by atoms with Gasteiger partial charge in [0.05, 0.1) is 17.4 Å². The summed E-state index contributed by atoms with van der Waals surface area (Å²) >= 11 is 0. The van der Waals surface area contributed by atoms with Crippen LogP contribution in [-0.4, -0.2) is 28.2 Å². The zero-order valence-corrected chi connectivity index (χ0v) is 17.5. The number of rotatable bonds is 6. The predicted molar refractivity (Wildman–Crippen MR) is 121 cm³/mol. The van der Waals surface area contributed by atoms with Crippen LogP contribution in [0.1, 0.15) is 28.8 Å². The number of imidazole rings is 1. The van der Waals surface area contributed by atoms with E-state index < -0.39 is 0 Å². The van der Waals surface area contributed by atoms with Crippen molar-refractivity contribution in [3.63, 3.8) is 0 Å². The molecule has 1 saturated carbocycles. The number of aromatic nitrogens is 2. The lowest BCUT2D eigenvalue weighted by Crippen LogP contribution is -2.25. The molecule has 1 aliphatic rings. The van der Waals surface area contributed by atoms with Gasteiger partial charge in [-0.3, -0.25) is 4.79 Å². The van der Waals surface area contributed by atoms with Crippen LogP contribution in [0.5, 0.6) is 0 Å². The molecule has 0 spiro atoms. The number of nitrogens with zero attached hydrogens (tertiary/aromatic N) is 2. The first-order valence-electron chi connectivity index (χ1n) is 10.5. The Balaban J connectivity index is 0.000000775. The van der Waals surface area contributed by atoms with Crippen molar-refractivity contribution in [3.8, 4) is 11.1 Å². The lowest BCUT2D eigenvalue weighted by molar-refractivity contribution is -0.191. The van der Waals surface area contributed by atoms with Gasteiger partial charge in [-0.25, -0.2) is 4.98 Å². The van der Waals surface area contributed by atoms with E-state index in [1.807, 2.05) is 30.6 Å². The van der Waals surface area contributed by atoms with Crippen LogP contribution in [0.25, 0.3) is 22.2 Å². The molecule has 1 fully saturated rings. The summed E-state index contributed by atoms with van der Waals surface area (Å²) in [6.07, 6.45) is 4.56. The normalized spacial score (nSPS) is 12.5. The zero-order chi connectivity index (χ0) is 22.3. The summed E-state index contributed by atoms with van der Waals surface area (Å²) in [4.78, 5) is 33.1. The third kappa shape index (κ3) is 5.17. The highest BCUT2D eigenvalue weighted by Crippen LogP contribution is 2.27. The Bertz CT molecular complexity index is 1240. The number of hydrogen-bond acceptors (Lipinski definition) is 4. The molecule has 1 aliphatic carbocycles. The molecule has 0 unspecified atom stereocenters. The van der Waals surface area contributed by atoms with Crippen molar-refractivity contribution in [3.05, 3.63) is 90.3 Å². The summed E-state index contributed by atoms with van der Waals surface area (Å²) in [5, 5.41) is 3.02. The van der Waals surface area contributed by atoms with E-state index >= 15 is 0 Å². The average Bonchev–Trinajstić information content (AvgIpc) is 3.58. The highest BCUT2D eigenvalue weighted by molar-refractivity contribution is 5.97. The molecule has 0 saturated heterocycles. The highest BCUT2D eigenvalue weighted by Gasteiger charge is 2.22. The minimum atomic E-state index is -0.00940. The fourth-order valence-electron chi connectivity index (χ4n) is 3.62. The van der Waals surface area contributed by atoms with Gasteiger partial charge in [0, 0.05) is 18.7 Å². The van der Waals surface area contributed by atoms with Crippen LogP contribution < -0.4 is 5.32 Å². The van der Waals surface area contributed by atoms with Crippen molar-refractivity contribution in [2.24, 2.45) is 5.92 Å². The van der Waals surface area contributed by atoms with Gasteiger partial charge < -0.3 is 9.88 Å². The van der Waals surface area contributed by atoms with E-state index in [1.165, 1.54) is 29.5 Å². The molecule has 160 valence electrons. The van der Waals surface area contributed by atoms with E-state index in [2.05, 4.69) is 63.4 Å². The fraction of sp³-hybridized carbons (Fsp3) is 0.192. The molecule has 3 aromatic carbocycles. The molecule has 1 heterocycles. The number of hydrogen-bond donors (Lipinski definition) is 1. The second-order valence-corrected chi connectivity index (χ2v) is 7.88. The molecule has 0 bridgehead atoms. The van der Waals surface area contributed by atoms with E-state index in [4.69, 9.17) is 9.59 Å². The fourth-order valence-corrected chi connectivity index (χ4v) is 3.62. The van der Waals surface area contributed by atoms with Gasteiger partial charge in [0.1, 0.15) is 0 Å². The first-order valence-corrected chi connectivity index (χ1v) is 10.5. The summed E-state index contributed by atoms with van der Waals surface area (Å²) in [5.41, 5.74) is 6.22. The third-order valence-electron chi connectivity index (χ3n) is 5.55. The number of fused-ring (bicyclic) bond motifs is 1. The van der Waals surface area contributed by atoms with E-state index in [0.717, 1.165) is 24.1 Å². The predicted octanol–water partition coefficient (Wildman–Crippen LogP) is 4.31. The van der Waals surface area contributed by atoms with Crippen LogP contribution in [0.15, 0.2) is 79.1 Å². The summed E-state index contributed by atoms with van der Waals surface area (Å²) in [6, 6.07) is 24.8. The second-order valence-electron chi connectivity index (χ2n) is 7.88. The van der Waals surface area contributed by atoms with Crippen molar-refractivity contribution in [1.29, 1.82) is 0 Å². The van der Waals surface area contributed by atoms with Gasteiger partial charge in [-0.1, -0.05) is 54.6 Å². The van der Waals surface area contributed by atoms with Gasteiger partial charge >= 0.3 is 6.15 Å². The Morgan fingerprint density at radius 2 is 1.66 bits per heavy atom. The maximum atomic E-state index is 12.3. The number of carbonyl (C=O) groups excluding carboxylic acids is 3. The average molecular weight is 425 g/mol. The van der Waals surface area contributed by atoms with Gasteiger partial charge in [0.25, 0.3) is 5.91 Å². The number of carbonyl (C=O) groups is 1. The van der Waals surface area contributed by atoms with Crippen LogP contribution in [0.4, 0.5) is 0 Å². The Hall–Kier alpha value is -4.02. The lowest BCUT2D eigenvalue weighted by atomic mass is 10.0. The number of benzene rings is 3. The molecular weight excluding hydrogens is 402 g/mol. The molecular formula is C26H23N3O3. The Morgan fingerprint density at radius 1 is 0.969 bits per heavy atom. The van der Waals surface area contributed by atoms with Crippen molar-refractivity contribution >= 4 is 23.1 Å². The molecule has 1 amide bonds. The SMILES string of the molecule is O=C(NCC1CC1)c1ccc2c(c1)ncn2Cc1ccc(-c2ccccc2)cc1.O=C=O. The van der Waals surface area contributed by atoms with Crippen molar-refractivity contribution < 1.29 is 14.4 Å². The van der Waals surface area contributed by atoms with Crippen LogP contribution in [0.2, 0.25) is 0 Å². The minimum Gasteiger partial charge on any atom is -0.352 e. The topological polar surface area (TPSA) is 81.1 Å². The van der Waals surface area contributed by atoms with Crippen molar-refractivity contribution in [1.82, 2.24) is 14.9 Å². The molecule has 1 aromatic heterocycles. The largest absolute Gasteiger partial charge is 0.373 e. The summed E-state index contributed by atoms with van der Waals surface area (Å²) < 4.78 is 2.12. The molecule has 5 rings (SSSR count). The van der Waals surface area contributed by atoms with E-state index in [9.17, 15) is 4.79 Å². The number of nitrogens with one attached hydrogen (secondary N) is 1. The van der Waals surface area contributed by atoms with Crippen LogP contribution in [0, 0.1) is 5.92 Å². The van der Waals surface area contributed by atoms with Crippen molar-refractivity contribution in [2.75, 3.05) is 6.54 Å². The Kier molecular flexibility index (Phi) is 6.54. The Morgan fingerprint density at radius 3 is 2.34 bits per heavy atom. The van der Waals surface area contributed by atoms with E-state index in [0.29, 0.717) is 11.5 Å². The van der Waals surface area contributed by atoms with E-state index in [1.54, 1.807) is 0 Å². The van der Waals surface area contributed by atoms with Gasteiger partial charge in [0.15, 0.2) is 0 Å². The third-order valence-corrected chi connectivity index (χ3v) is 5.55. The second kappa shape index (κ2) is 9.86. The van der Waals surface area contributed by atoms with Crippen LogP contribution in [0.3, 0.4) is 0 Å².